The number of rotatable bonds is 7. The summed E-state index contributed by atoms with van der Waals surface area (Å²) < 4.78 is 32.0. The highest BCUT2D eigenvalue weighted by Gasteiger charge is 2.18. The number of pyridine rings is 1. The molecule has 0 spiro atoms. The Labute approximate surface area is 157 Å². The first-order valence-corrected chi connectivity index (χ1v) is 9.72. The van der Waals surface area contributed by atoms with Gasteiger partial charge in [0.2, 0.25) is 0 Å². The van der Waals surface area contributed by atoms with Crippen LogP contribution in [-0.2, 0) is 28.0 Å². The number of ether oxygens (including phenoxy) is 1. The third kappa shape index (κ3) is 5.22. The molecule has 7 heteroatoms. The lowest BCUT2D eigenvalue weighted by molar-refractivity contribution is 0.0978. The average molecular weight is 382 g/mol. The first-order chi connectivity index (χ1) is 13.0. The van der Waals surface area contributed by atoms with Gasteiger partial charge in [-0.25, -0.2) is 13.1 Å². The van der Waals surface area contributed by atoms with Crippen molar-refractivity contribution in [3.63, 3.8) is 0 Å². The van der Waals surface area contributed by atoms with E-state index in [1.165, 1.54) is 24.4 Å². The van der Waals surface area contributed by atoms with Crippen molar-refractivity contribution in [2.24, 2.45) is 0 Å². The molecule has 0 aliphatic rings. The lowest BCUT2D eigenvalue weighted by Crippen LogP contribution is -2.30. The molecule has 0 aliphatic heterocycles. The first-order valence-electron chi connectivity index (χ1n) is 8.23. The van der Waals surface area contributed by atoms with Gasteiger partial charge in [0.1, 0.15) is 0 Å². The van der Waals surface area contributed by atoms with Gasteiger partial charge >= 0.3 is 0 Å². The van der Waals surface area contributed by atoms with Gasteiger partial charge < -0.3 is 4.74 Å². The van der Waals surface area contributed by atoms with E-state index in [1.54, 1.807) is 24.3 Å². The normalized spacial score (nSPS) is 11.1. The van der Waals surface area contributed by atoms with E-state index in [1.807, 2.05) is 35.1 Å². The van der Waals surface area contributed by atoms with Crippen molar-refractivity contribution in [1.29, 1.82) is 0 Å². The summed E-state index contributed by atoms with van der Waals surface area (Å²) in [6.45, 7) is 0.749. The maximum atomic E-state index is 12.2. The Morgan fingerprint density at radius 3 is 2.19 bits per heavy atom. The molecule has 0 radical (unpaired) electrons. The van der Waals surface area contributed by atoms with Crippen LogP contribution in [0.1, 0.15) is 21.6 Å². The first kappa shape index (κ1) is 18.8. The Balaban J connectivity index is 1.57. The summed E-state index contributed by atoms with van der Waals surface area (Å²) in [5.41, 5.74) is 1.86. The predicted octanol–water partition coefficient (Wildman–Crippen LogP) is 2.92. The van der Waals surface area contributed by atoms with Crippen LogP contribution in [0.25, 0.3) is 0 Å². The molecule has 1 N–H and O–H groups in total. The largest absolute Gasteiger partial charge is 0.370 e. The number of aromatic nitrogens is 1. The molecule has 0 saturated carbocycles. The van der Waals surface area contributed by atoms with Crippen LogP contribution in [0.3, 0.4) is 0 Å². The molecule has 27 heavy (non-hydrogen) atoms. The number of carbonyl (C=O) groups excluding carboxylic acids is 1. The van der Waals surface area contributed by atoms with Crippen LogP contribution in [0.2, 0.25) is 0 Å². The Morgan fingerprint density at radius 2 is 1.56 bits per heavy atom. The Morgan fingerprint density at radius 1 is 0.889 bits per heavy atom. The van der Waals surface area contributed by atoms with Gasteiger partial charge in [-0.15, -0.1) is 0 Å². The minimum Gasteiger partial charge on any atom is -0.370 e. The number of sulfonamides is 1. The Bertz CT molecular complexity index is 989. The van der Waals surface area contributed by atoms with Crippen molar-refractivity contribution in [3.05, 3.63) is 95.8 Å². The molecule has 0 unspecified atom stereocenters. The van der Waals surface area contributed by atoms with Crippen LogP contribution in [0.5, 0.6) is 0 Å². The summed E-state index contributed by atoms with van der Waals surface area (Å²) >= 11 is 0. The fourth-order valence-corrected chi connectivity index (χ4v) is 3.33. The van der Waals surface area contributed by atoms with Crippen molar-refractivity contribution in [3.8, 4) is 0 Å². The fourth-order valence-electron chi connectivity index (χ4n) is 2.33. The monoisotopic (exact) mass is 382 g/mol. The number of carbonyl (C=O) groups is 1. The molecule has 1 amide bonds. The zero-order valence-electron chi connectivity index (χ0n) is 14.4. The lowest BCUT2D eigenvalue weighted by atomic mass is 10.2. The highest BCUT2D eigenvalue weighted by Crippen LogP contribution is 2.09. The summed E-state index contributed by atoms with van der Waals surface area (Å²) in [6, 6.07) is 20.6. The topological polar surface area (TPSA) is 85.4 Å². The third-order valence-corrected chi connectivity index (χ3v) is 5.08. The van der Waals surface area contributed by atoms with Gasteiger partial charge in [0.15, 0.2) is 0 Å². The van der Waals surface area contributed by atoms with Crippen molar-refractivity contribution < 1.29 is 17.9 Å². The number of hydrogen-bond donors (Lipinski definition) is 1. The van der Waals surface area contributed by atoms with Gasteiger partial charge in [-0.2, -0.15) is 0 Å². The molecule has 2 aromatic carbocycles. The van der Waals surface area contributed by atoms with E-state index in [9.17, 15) is 13.2 Å². The molecule has 0 atom stereocenters. The zero-order chi connectivity index (χ0) is 19.1. The number of hydrogen-bond acceptors (Lipinski definition) is 5. The van der Waals surface area contributed by atoms with Crippen LogP contribution in [-0.4, -0.2) is 19.3 Å². The SMILES string of the molecule is O=C(NS(=O)(=O)c1ccccc1)c1ccc(COCc2ccccc2)nc1. The average Bonchev–Trinajstić information content (AvgIpc) is 2.70. The van der Waals surface area contributed by atoms with Crippen LogP contribution in [0.15, 0.2) is 83.9 Å². The fraction of sp³-hybridized carbons (Fsp3) is 0.100. The Hall–Kier alpha value is -3.03. The molecule has 0 fully saturated rings. The quantitative estimate of drug-likeness (QED) is 0.679. The highest BCUT2D eigenvalue weighted by atomic mass is 32.2. The van der Waals surface area contributed by atoms with Gasteiger partial charge in [-0.05, 0) is 29.8 Å². The molecule has 0 bridgehead atoms. The van der Waals surface area contributed by atoms with Crippen molar-refractivity contribution >= 4 is 15.9 Å². The van der Waals surface area contributed by atoms with Crippen molar-refractivity contribution in [1.82, 2.24) is 9.71 Å². The Kier molecular flexibility index (Phi) is 5.95. The van der Waals surface area contributed by atoms with E-state index in [0.717, 1.165) is 5.56 Å². The molecule has 3 rings (SSSR count). The number of nitrogens with one attached hydrogen (secondary N) is 1. The van der Waals surface area contributed by atoms with E-state index in [0.29, 0.717) is 18.9 Å². The molecular weight excluding hydrogens is 364 g/mol. The molecule has 1 heterocycles. The summed E-state index contributed by atoms with van der Waals surface area (Å²) in [6.07, 6.45) is 1.33. The van der Waals surface area contributed by atoms with E-state index < -0.39 is 15.9 Å². The minimum absolute atomic E-state index is 0.0252. The maximum absolute atomic E-state index is 12.2. The molecule has 6 nitrogen and oxygen atoms in total. The standard InChI is InChI=1S/C20H18N2O4S/c23-20(22-27(24,25)19-9-5-2-6-10-19)17-11-12-18(21-13-17)15-26-14-16-7-3-1-4-8-16/h1-13H,14-15H2,(H,22,23). The van der Waals surface area contributed by atoms with E-state index in [4.69, 9.17) is 4.74 Å². The smallest absolute Gasteiger partial charge is 0.266 e. The lowest BCUT2D eigenvalue weighted by Gasteiger charge is -2.08. The van der Waals surface area contributed by atoms with Gasteiger partial charge in [0, 0.05) is 6.20 Å². The van der Waals surface area contributed by atoms with Crippen LogP contribution in [0.4, 0.5) is 0 Å². The summed E-state index contributed by atoms with van der Waals surface area (Å²) in [7, 11) is -3.91. The van der Waals surface area contributed by atoms with Gasteiger partial charge in [0.05, 0.1) is 29.4 Å². The third-order valence-electron chi connectivity index (χ3n) is 3.73. The van der Waals surface area contributed by atoms with E-state index >= 15 is 0 Å². The molecule has 0 aliphatic carbocycles. The molecule has 138 valence electrons. The van der Waals surface area contributed by atoms with Crippen LogP contribution in [0, 0.1) is 0 Å². The zero-order valence-corrected chi connectivity index (χ0v) is 15.2. The second-order valence-electron chi connectivity index (χ2n) is 5.76. The van der Waals surface area contributed by atoms with Gasteiger partial charge in [-0.1, -0.05) is 48.5 Å². The van der Waals surface area contributed by atoms with Crippen LogP contribution >= 0.6 is 0 Å². The highest BCUT2D eigenvalue weighted by molar-refractivity contribution is 7.90. The van der Waals surface area contributed by atoms with Gasteiger partial charge in [0.25, 0.3) is 15.9 Å². The minimum atomic E-state index is -3.91. The molecule has 0 saturated heterocycles. The van der Waals surface area contributed by atoms with E-state index in [-0.39, 0.29) is 10.5 Å². The maximum Gasteiger partial charge on any atom is 0.266 e. The second-order valence-corrected chi connectivity index (χ2v) is 7.45. The van der Waals surface area contributed by atoms with Gasteiger partial charge in [-0.3, -0.25) is 9.78 Å². The number of nitrogens with zero attached hydrogens (tertiary/aromatic N) is 1. The van der Waals surface area contributed by atoms with Crippen LogP contribution < -0.4 is 4.72 Å². The summed E-state index contributed by atoms with van der Waals surface area (Å²) in [5.74, 6) is -0.733. The van der Waals surface area contributed by atoms with Crippen molar-refractivity contribution in [2.45, 2.75) is 18.1 Å². The van der Waals surface area contributed by atoms with Crippen molar-refractivity contribution in [2.75, 3.05) is 0 Å². The number of amides is 1. The molecular formula is C20H18N2O4S. The molecule has 1 aromatic heterocycles. The number of benzene rings is 2. The second kappa shape index (κ2) is 8.57. The molecule has 3 aromatic rings. The summed E-state index contributed by atoms with van der Waals surface area (Å²) in [5, 5.41) is 0. The predicted molar refractivity (Wildman–Crippen MR) is 100 cm³/mol. The van der Waals surface area contributed by atoms with E-state index in [2.05, 4.69) is 4.98 Å². The summed E-state index contributed by atoms with van der Waals surface area (Å²) in [4.78, 5) is 16.4.